The Balaban J connectivity index is 3.21. The van der Waals surface area contributed by atoms with E-state index >= 15 is 0 Å². The van der Waals surface area contributed by atoms with E-state index in [1.807, 2.05) is 0 Å². The topological polar surface area (TPSA) is 49.8 Å². The zero-order valence-electron chi connectivity index (χ0n) is 7.35. The highest BCUT2D eigenvalue weighted by molar-refractivity contribution is 5.40. The highest BCUT2D eigenvalue weighted by atomic mass is 19.4. The van der Waals surface area contributed by atoms with E-state index in [0.29, 0.717) is 0 Å². The third-order valence-electron chi connectivity index (χ3n) is 1.82. The first-order valence-electron chi connectivity index (χ1n) is 3.88. The molecule has 0 aliphatic carbocycles. The molecule has 0 spiro atoms. The number of benzene rings is 1. The Hall–Kier alpha value is -1.61. The van der Waals surface area contributed by atoms with Crippen LogP contribution >= 0.6 is 0 Å². The van der Waals surface area contributed by atoms with Crippen LogP contribution in [0.1, 0.15) is 17.2 Å². The van der Waals surface area contributed by atoms with Gasteiger partial charge in [-0.3, -0.25) is 0 Å². The highest BCUT2D eigenvalue weighted by Gasteiger charge is 2.39. The molecule has 1 atom stereocenters. The van der Waals surface area contributed by atoms with E-state index < -0.39 is 29.2 Å². The van der Waals surface area contributed by atoms with Crippen molar-refractivity contribution >= 4 is 0 Å². The molecule has 0 bridgehead atoms. The number of nitrogens with two attached hydrogens (primary N) is 1. The maximum absolute atomic E-state index is 12.6. The van der Waals surface area contributed by atoms with Gasteiger partial charge in [0.2, 0.25) is 0 Å². The fourth-order valence-corrected chi connectivity index (χ4v) is 1.07. The first-order valence-corrected chi connectivity index (χ1v) is 3.88. The summed E-state index contributed by atoms with van der Waals surface area (Å²) in [5.41, 5.74) is 4.07. The summed E-state index contributed by atoms with van der Waals surface area (Å²) in [5.74, 6) is -0.773. The minimum absolute atomic E-state index is 0.403. The first kappa shape index (κ1) is 11.5. The van der Waals surface area contributed by atoms with Gasteiger partial charge in [-0.25, -0.2) is 4.39 Å². The van der Waals surface area contributed by atoms with Crippen LogP contribution in [0.2, 0.25) is 0 Å². The summed E-state index contributed by atoms with van der Waals surface area (Å²) in [6, 6.07) is 1.62. The smallest absolute Gasteiger partial charge is 0.316 e. The quantitative estimate of drug-likeness (QED) is 0.735. The van der Waals surface area contributed by atoms with Crippen LogP contribution in [-0.4, -0.2) is 6.18 Å². The van der Waals surface area contributed by atoms with Crippen molar-refractivity contribution in [2.75, 3.05) is 0 Å². The second-order valence-electron chi connectivity index (χ2n) is 2.86. The van der Waals surface area contributed by atoms with Gasteiger partial charge >= 0.3 is 6.18 Å². The van der Waals surface area contributed by atoms with E-state index in [1.165, 1.54) is 6.07 Å². The third-order valence-corrected chi connectivity index (χ3v) is 1.82. The molecular weight excluding hydrogens is 212 g/mol. The van der Waals surface area contributed by atoms with Crippen molar-refractivity contribution in [3.63, 3.8) is 0 Å². The van der Waals surface area contributed by atoms with Crippen LogP contribution in [0.3, 0.4) is 0 Å². The molecule has 2 N–H and O–H groups in total. The van der Waals surface area contributed by atoms with E-state index in [0.717, 1.165) is 18.2 Å². The van der Waals surface area contributed by atoms with Crippen LogP contribution in [0, 0.1) is 17.1 Å². The summed E-state index contributed by atoms with van der Waals surface area (Å²) in [4.78, 5) is 0. The lowest BCUT2D eigenvalue weighted by Gasteiger charge is -2.16. The molecule has 0 saturated heterocycles. The number of rotatable bonds is 1. The predicted octanol–water partition coefficient (Wildman–Crippen LogP) is 2.26. The van der Waals surface area contributed by atoms with Gasteiger partial charge in [0.05, 0.1) is 11.6 Å². The van der Waals surface area contributed by atoms with E-state index in [9.17, 15) is 17.6 Å². The molecule has 6 heteroatoms. The first-order chi connectivity index (χ1) is 6.86. The molecule has 15 heavy (non-hydrogen) atoms. The normalized spacial score (nSPS) is 13.3. The molecule has 0 aromatic heterocycles. The third kappa shape index (κ3) is 2.44. The molecule has 0 fully saturated rings. The van der Waals surface area contributed by atoms with Crippen LogP contribution in [0.15, 0.2) is 18.2 Å². The molecule has 0 radical (unpaired) electrons. The molecule has 0 saturated carbocycles. The van der Waals surface area contributed by atoms with Crippen LogP contribution in [0.4, 0.5) is 17.6 Å². The number of halogens is 4. The van der Waals surface area contributed by atoms with Crippen LogP contribution in [0.25, 0.3) is 0 Å². The number of alkyl halides is 3. The lowest BCUT2D eigenvalue weighted by molar-refractivity contribution is -0.149. The molecule has 1 rings (SSSR count). The maximum atomic E-state index is 12.6. The Morgan fingerprint density at radius 1 is 1.33 bits per heavy atom. The Bertz CT molecular complexity index is 406. The van der Waals surface area contributed by atoms with Gasteiger partial charge < -0.3 is 5.73 Å². The molecule has 0 unspecified atom stereocenters. The Labute approximate surface area is 82.9 Å². The summed E-state index contributed by atoms with van der Waals surface area (Å²) in [5, 5.41) is 8.52. The van der Waals surface area contributed by atoms with Crippen LogP contribution in [-0.2, 0) is 0 Å². The second-order valence-corrected chi connectivity index (χ2v) is 2.86. The van der Waals surface area contributed by atoms with E-state index in [-0.39, 0.29) is 0 Å². The standard InChI is InChI=1S/C9H6F4N2/c10-6-1-2-7(5(3-6)4-14)8(15)9(11,12)13/h1-3,8H,15H2/t8-/m0/s1. The maximum Gasteiger partial charge on any atom is 0.407 e. The van der Waals surface area contributed by atoms with E-state index in [1.54, 1.807) is 0 Å². The van der Waals surface area contributed by atoms with Gasteiger partial charge in [0, 0.05) is 0 Å². The number of nitriles is 1. The summed E-state index contributed by atoms with van der Waals surface area (Å²) < 4.78 is 49.3. The zero-order chi connectivity index (χ0) is 11.6. The number of hydrogen-bond acceptors (Lipinski definition) is 2. The SMILES string of the molecule is N#Cc1cc(F)ccc1[C@H](N)C(F)(F)F. The summed E-state index contributed by atoms with van der Waals surface area (Å²) in [6.45, 7) is 0. The number of nitrogens with zero attached hydrogens (tertiary/aromatic N) is 1. The van der Waals surface area contributed by atoms with Gasteiger partial charge in [-0.05, 0) is 17.7 Å². The fourth-order valence-electron chi connectivity index (χ4n) is 1.07. The fraction of sp³-hybridized carbons (Fsp3) is 0.222. The molecule has 0 aliphatic rings. The molecule has 1 aromatic carbocycles. The van der Waals surface area contributed by atoms with Crippen molar-refractivity contribution in [3.8, 4) is 6.07 Å². The number of hydrogen-bond donors (Lipinski definition) is 1. The lowest BCUT2D eigenvalue weighted by atomic mass is 10.0. The Morgan fingerprint density at radius 3 is 2.40 bits per heavy atom. The summed E-state index contributed by atoms with van der Waals surface area (Å²) in [6.07, 6.45) is -4.65. The summed E-state index contributed by atoms with van der Waals surface area (Å²) >= 11 is 0. The van der Waals surface area contributed by atoms with Gasteiger partial charge in [-0.2, -0.15) is 18.4 Å². The van der Waals surface area contributed by atoms with E-state index in [4.69, 9.17) is 11.0 Å². The average molecular weight is 218 g/mol. The van der Waals surface area contributed by atoms with Gasteiger partial charge in [0.1, 0.15) is 11.9 Å². The molecule has 2 nitrogen and oxygen atoms in total. The van der Waals surface area contributed by atoms with Crippen molar-refractivity contribution in [1.29, 1.82) is 5.26 Å². The molecule has 1 aromatic rings. The van der Waals surface area contributed by atoms with Crippen molar-refractivity contribution in [2.45, 2.75) is 12.2 Å². The molecular formula is C9H6F4N2. The summed E-state index contributed by atoms with van der Waals surface area (Å²) in [7, 11) is 0. The van der Waals surface area contributed by atoms with Crippen LogP contribution < -0.4 is 5.73 Å². The van der Waals surface area contributed by atoms with Gasteiger partial charge in [0.15, 0.2) is 0 Å². The zero-order valence-corrected chi connectivity index (χ0v) is 7.35. The minimum Gasteiger partial charge on any atom is -0.316 e. The largest absolute Gasteiger partial charge is 0.407 e. The average Bonchev–Trinajstić information content (AvgIpc) is 2.15. The monoisotopic (exact) mass is 218 g/mol. The predicted molar refractivity (Wildman–Crippen MR) is 44.1 cm³/mol. The van der Waals surface area contributed by atoms with Crippen molar-refractivity contribution in [2.24, 2.45) is 5.73 Å². The molecule has 0 amide bonds. The van der Waals surface area contributed by atoms with Crippen molar-refractivity contribution in [3.05, 3.63) is 35.1 Å². The van der Waals surface area contributed by atoms with Crippen molar-refractivity contribution < 1.29 is 17.6 Å². The van der Waals surface area contributed by atoms with Crippen molar-refractivity contribution in [1.82, 2.24) is 0 Å². The highest BCUT2D eigenvalue weighted by Crippen LogP contribution is 2.32. The van der Waals surface area contributed by atoms with E-state index in [2.05, 4.69) is 0 Å². The van der Waals surface area contributed by atoms with Crippen LogP contribution in [0.5, 0.6) is 0 Å². The van der Waals surface area contributed by atoms with Gasteiger partial charge in [-0.1, -0.05) is 6.07 Å². The van der Waals surface area contributed by atoms with Gasteiger partial charge in [-0.15, -0.1) is 0 Å². The second kappa shape index (κ2) is 3.87. The van der Waals surface area contributed by atoms with Gasteiger partial charge in [0.25, 0.3) is 0 Å². The lowest BCUT2D eigenvalue weighted by Crippen LogP contribution is -2.29. The molecule has 0 aliphatic heterocycles. The Morgan fingerprint density at radius 2 is 1.93 bits per heavy atom. The molecule has 0 heterocycles. The Kier molecular flexibility index (Phi) is 2.95. The molecule has 80 valence electrons. The minimum atomic E-state index is -4.65.